The van der Waals surface area contributed by atoms with Crippen molar-refractivity contribution in [2.45, 2.75) is 20.4 Å². The van der Waals surface area contributed by atoms with Crippen LogP contribution in [0, 0.1) is 6.92 Å². The number of aromatic nitrogens is 1. The molecular formula is C13H14N4O2. The van der Waals surface area contributed by atoms with E-state index >= 15 is 0 Å². The highest BCUT2D eigenvalue weighted by Gasteiger charge is 2.10. The third kappa shape index (κ3) is 3.05. The van der Waals surface area contributed by atoms with E-state index in [2.05, 4.69) is 15.0 Å². The van der Waals surface area contributed by atoms with Crippen LogP contribution in [0.4, 0.5) is 0 Å². The normalized spacial score (nSPS) is 10.0. The van der Waals surface area contributed by atoms with Crippen molar-refractivity contribution in [1.29, 1.82) is 0 Å². The fourth-order valence-corrected chi connectivity index (χ4v) is 1.66. The lowest BCUT2D eigenvalue weighted by Gasteiger charge is -2.02. The Morgan fingerprint density at radius 2 is 2.11 bits per heavy atom. The Balaban J connectivity index is 2.23. The highest BCUT2D eigenvalue weighted by atomic mass is 16.5. The Hall–Kier alpha value is -2.46. The summed E-state index contributed by atoms with van der Waals surface area (Å²) in [6.45, 7) is 4.57. The molecule has 0 spiro atoms. The van der Waals surface area contributed by atoms with Gasteiger partial charge in [-0.05, 0) is 43.6 Å². The zero-order chi connectivity index (χ0) is 13.7. The average molecular weight is 258 g/mol. The van der Waals surface area contributed by atoms with Gasteiger partial charge < -0.3 is 9.15 Å². The van der Waals surface area contributed by atoms with Gasteiger partial charge >= 0.3 is 0 Å². The molecule has 1 heterocycles. The van der Waals surface area contributed by atoms with Crippen LogP contribution < -0.4 is 4.74 Å². The predicted octanol–water partition coefficient (Wildman–Crippen LogP) is 3.86. The van der Waals surface area contributed by atoms with Crippen LogP contribution in [0.2, 0.25) is 0 Å². The summed E-state index contributed by atoms with van der Waals surface area (Å²) in [6, 6.07) is 7.50. The molecule has 0 N–H and O–H groups in total. The Labute approximate surface area is 110 Å². The van der Waals surface area contributed by atoms with Gasteiger partial charge in [0, 0.05) is 10.5 Å². The van der Waals surface area contributed by atoms with Gasteiger partial charge in [-0.15, -0.1) is 0 Å². The maximum atomic E-state index is 8.31. The van der Waals surface area contributed by atoms with Gasteiger partial charge in [0.15, 0.2) is 0 Å². The molecule has 2 rings (SSSR count). The summed E-state index contributed by atoms with van der Waals surface area (Å²) >= 11 is 0. The van der Waals surface area contributed by atoms with Crippen molar-refractivity contribution >= 4 is 0 Å². The summed E-state index contributed by atoms with van der Waals surface area (Å²) in [5.41, 5.74) is 9.82. The minimum atomic E-state index is 0.197. The van der Waals surface area contributed by atoms with Gasteiger partial charge in [0.25, 0.3) is 0 Å². The molecule has 0 saturated carbocycles. The minimum absolute atomic E-state index is 0.197. The van der Waals surface area contributed by atoms with E-state index in [1.54, 1.807) is 6.92 Å². The van der Waals surface area contributed by atoms with Gasteiger partial charge in [-0.25, -0.2) is 4.98 Å². The van der Waals surface area contributed by atoms with Gasteiger partial charge in [0.2, 0.25) is 5.89 Å². The molecule has 1 aromatic heterocycles. The molecule has 6 heteroatoms. The molecule has 0 fully saturated rings. The van der Waals surface area contributed by atoms with Crippen molar-refractivity contribution < 1.29 is 9.15 Å². The van der Waals surface area contributed by atoms with Crippen LogP contribution in [-0.4, -0.2) is 11.6 Å². The Bertz CT molecular complexity index is 598. The van der Waals surface area contributed by atoms with Gasteiger partial charge in [0.05, 0.1) is 18.8 Å². The second kappa shape index (κ2) is 5.93. The number of rotatable bonds is 5. The monoisotopic (exact) mass is 258 g/mol. The predicted molar refractivity (Wildman–Crippen MR) is 70.7 cm³/mol. The molecule has 0 aliphatic carbocycles. The average Bonchev–Trinajstić information content (AvgIpc) is 2.79. The van der Waals surface area contributed by atoms with Crippen LogP contribution in [0.3, 0.4) is 0 Å². The number of hydrogen-bond acceptors (Lipinski definition) is 4. The van der Waals surface area contributed by atoms with E-state index in [1.165, 1.54) is 0 Å². The first kappa shape index (κ1) is 13.0. The fraction of sp³-hybridized carbons (Fsp3) is 0.308. The lowest BCUT2D eigenvalue weighted by Crippen LogP contribution is -1.90. The van der Waals surface area contributed by atoms with E-state index < -0.39 is 0 Å². The lowest BCUT2D eigenvalue weighted by molar-refractivity contribution is 0.340. The van der Waals surface area contributed by atoms with Crippen molar-refractivity contribution in [3.8, 4) is 17.2 Å². The topological polar surface area (TPSA) is 84.0 Å². The highest BCUT2D eigenvalue weighted by molar-refractivity contribution is 5.55. The van der Waals surface area contributed by atoms with Gasteiger partial charge in [-0.2, -0.15) is 0 Å². The van der Waals surface area contributed by atoms with Crippen molar-refractivity contribution in [3.63, 3.8) is 0 Å². The molecule has 0 saturated heterocycles. The molecule has 0 radical (unpaired) electrons. The molecule has 6 nitrogen and oxygen atoms in total. The summed E-state index contributed by atoms with van der Waals surface area (Å²) in [6.07, 6.45) is 0. The Kier molecular flexibility index (Phi) is 4.05. The second-order valence-electron chi connectivity index (χ2n) is 3.87. The number of ether oxygens (including phenoxy) is 1. The number of benzene rings is 1. The molecule has 0 unspecified atom stereocenters. The maximum absolute atomic E-state index is 8.31. The molecule has 1 aromatic carbocycles. The molecule has 0 atom stereocenters. The molecular weight excluding hydrogens is 244 g/mol. The van der Waals surface area contributed by atoms with Crippen LogP contribution in [-0.2, 0) is 6.54 Å². The fourth-order valence-electron chi connectivity index (χ4n) is 1.66. The molecule has 0 bridgehead atoms. The SMILES string of the molecule is CCOc1ccc(-c2nc(CN=[N+]=[N-])c(C)o2)cc1. The third-order valence-corrected chi connectivity index (χ3v) is 2.59. The van der Waals surface area contributed by atoms with Gasteiger partial charge in [-0.1, -0.05) is 5.11 Å². The summed E-state index contributed by atoms with van der Waals surface area (Å²) in [4.78, 5) is 7.03. The number of nitrogens with zero attached hydrogens (tertiary/aromatic N) is 4. The van der Waals surface area contributed by atoms with Gasteiger partial charge in [-0.3, -0.25) is 0 Å². The summed E-state index contributed by atoms with van der Waals surface area (Å²) in [7, 11) is 0. The van der Waals surface area contributed by atoms with Crippen molar-refractivity contribution in [1.82, 2.24) is 4.98 Å². The van der Waals surface area contributed by atoms with Crippen molar-refractivity contribution in [2.24, 2.45) is 5.11 Å². The maximum Gasteiger partial charge on any atom is 0.226 e. The minimum Gasteiger partial charge on any atom is -0.494 e. The molecule has 19 heavy (non-hydrogen) atoms. The smallest absolute Gasteiger partial charge is 0.226 e. The van der Waals surface area contributed by atoms with E-state index in [-0.39, 0.29) is 6.54 Å². The number of hydrogen-bond donors (Lipinski definition) is 0. The number of oxazole rings is 1. The molecule has 2 aromatic rings. The summed E-state index contributed by atoms with van der Waals surface area (Å²) in [5.74, 6) is 1.99. The van der Waals surface area contributed by atoms with Crippen LogP contribution >= 0.6 is 0 Å². The first-order valence-corrected chi connectivity index (χ1v) is 5.95. The van der Waals surface area contributed by atoms with E-state index in [9.17, 15) is 0 Å². The summed E-state index contributed by atoms with van der Waals surface area (Å²) < 4.78 is 10.9. The molecule has 0 aliphatic heterocycles. The second-order valence-corrected chi connectivity index (χ2v) is 3.87. The third-order valence-electron chi connectivity index (χ3n) is 2.59. The molecule has 98 valence electrons. The lowest BCUT2D eigenvalue weighted by atomic mass is 10.2. The Morgan fingerprint density at radius 1 is 1.37 bits per heavy atom. The Morgan fingerprint density at radius 3 is 2.74 bits per heavy atom. The highest BCUT2D eigenvalue weighted by Crippen LogP contribution is 2.24. The molecule has 0 aliphatic rings. The molecule has 0 amide bonds. The van der Waals surface area contributed by atoms with Crippen LogP contribution in [0.5, 0.6) is 5.75 Å². The quantitative estimate of drug-likeness (QED) is 0.463. The van der Waals surface area contributed by atoms with Gasteiger partial charge in [0.1, 0.15) is 11.5 Å². The van der Waals surface area contributed by atoms with Crippen molar-refractivity contribution in [2.75, 3.05) is 6.61 Å². The van der Waals surface area contributed by atoms with Crippen LogP contribution in [0.25, 0.3) is 21.9 Å². The number of azide groups is 1. The zero-order valence-corrected chi connectivity index (χ0v) is 10.8. The number of aryl methyl sites for hydroxylation is 1. The standard InChI is InChI=1S/C13H14N4O2/c1-3-18-11-6-4-10(5-7-11)13-16-12(8-15-17-14)9(2)19-13/h4-7H,3,8H2,1-2H3. The van der Waals surface area contributed by atoms with E-state index in [1.807, 2.05) is 31.2 Å². The van der Waals surface area contributed by atoms with Crippen molar-refractivity contribution in [3.05, 3.63) is 46.2 Å². The van der Waals surface area contributed by atoms with E-state index in [0.29, 0.717) is 24.0 Å². The first-order chi connectivity index (χ1) is 9.24. The largest absolute Gasteiger partial charge is 0.494 e. The summed E-state index contributed by atoms with van der Waals surface area (Å²) in [5, 5.41) is 3.49. The van der Waals surface area contributed by atoms with E-state index in [0.717, 1.165) is 11.3 Å². The zero-order valence-electron chi connectivity index (χ0n) is 10.8. The van der Waals surface area contributed by atoms with E-state index in [4.69, 9.17) is 14.7 Å². The first-order valence-electron chi connectivity index (χ1n) is 5.95. The van der Waals surface area contributed by atoms with Crippen LogP contribution in [0.15, 0.2) is 33.8 Å². The van der Waals surface area contributed by atoms with Crippen LogP contribution in [0.1, 0.15) is 18.4 Å².